The zero-order valence-electron chi connectivity index (χ0n) is 10.3. The minimum atomic E-state index is -1.26. The van der Waals surface area contributed by atoms with Crippen LogP contribution in [0.4, 0.5) is 8.78 Å². The van der Waals surface area contributed by atoms with Crippen LogP contribution >= 0.6 is 0 Å². The summed E-state index contributed by atoms with van der Waals surface area (Å²) in [5.74, 6) is -2.90. The smallest absolute Gasteiger partial charge is 0.200 e. The summed E-state index contributed by atoms with van der Waals surface area (Å²) < 4.78 is 27.2. The van der Waals surface area contributed by atoms with E-state index in [1.165, 1.54) is 12.1 Å². The van der Waals surface area contributed by atoms with Gasteiger partial charge >= 0.3 is 0 Å². The standard InChI is InChI=1S/C16H10F2O2/c17-15-13(5-6-14(20)16(15)18)11-2-1-10-8-12(19)4-3-9(10)7-11/h1-8,19-20H. The summed E-state index contributed by atoms with van der Waals surface area (Å²) in [5, 5.41) is 20.1. The first-order valence-corrected chi connectivity index (χ1v) is 5.96. The van der Waals surface area contributed by atoms with Crippen molar-refractivity contribution in [2.75, 3.05) is 0 Å². The van der Waals surface area contributed by atoms with Crippen molar-refractivity contribution < 1.29 is 19.0 Å². The largest absolute Gasteiger partial charge is 0.508 e. The number of hydrogen-bond donors (Lipinski definition) is 2. The van der Waals surface area contributed by atoms with Crippen LogP contribution in [0.5, 0.6) is 11.5 Å². The van der Waals surface area contributed by atoms with E-state index in [0.717, 1.165) is 16.8 Å². The first-order valence-electron chi connectivity index (χ1n) is 5.96. The molecular formula is C16H10F2O2. The van der Waals surface area contributed by atoms with E-state index >= 15 is 0 Å². The number of benzene rings is 3. The fourth-order valence-electron chi connectivity index (χ4n) is 2.16. The third kappa shape index (κ3) is 1.95. The quantitative estimate of drug-likeness (QED) is 0.697. The van der Waals surface area contributed by atoms with Crippen LogP contribution in [0.25, 0.3) is 21.9 Å². The van der Waals surface area contributed by atoms with E-state index in [-0.39, 0.29) is 11.3 Å². The van der Waals surface area contributed by atoms with Crippen LogP contribution in [0.2, 0.25) is 0 Å². The third-order valence-electron chi connectivity index (χ3n) is 3.20. The lowest BCUT2D eigenvalue weighted by molar-refractivity contribution is 0.408. The maximum atomic E-state index is 13.8. The average molecular weight is 272 g/mol. The molecule has 4 heteroatoms. The van der Waals surface area contributed by atoms with Crippen molar-refractivity contribution in [3.63, 3.8) is 0 Å². The van der Waals surface area contributed by atoms with Crippen molar-refractivity contribution in [3.8, 4) is 22.6 Å². The molecule has 2 N–H and O–H groups in total. The van der Waals surface area contributed by atoms with Gasteiger partial charge in [-0.2, -0.15) is 4.39 Å². The van der Waals surface area contributed by atoms with Gasteiger partial charge < -0.3 is 10.2 Å². The van der Waals surface area contributed by atoms with E-state index in [0.29, 0.717) is 5.56 Å². The Morgan fingerprint density at radius 2 is 1.40 bits per heavy atom. The lowest BCUT2D eigenvalue weighted by Gasteiger charge is -2.07. The second-order valence-corrected chi connectivity index (χ2v) is 4.51. The number of fused-ring (bicyclic) bond motifs is 1. The maximum Gasteiger partial charge on any atom is 0.200 e. The van der Waals surface area contributed by atoms with Gasteiger partial charge in [-0.15, -0.1) is 0 Å². The van der Waals surface area contributed by atoms with E-state index in [1.807, 2.05) is 0 Å². The summed E-state index contributed by atoms with van der Waals surface area (Å²) in [6.07, 6.45) is 0. The second kappa shape index (κ2) is 4.49. The Hall–Kier alpha value is -2.62. The fraction of sp³-hybridized carbons (Fsp3) is 0. The van der Waals surface area contributed by atoms with Crippen molar-refractivity contribution in [1.29, 1.82) is 0 Å². The van der Waals surface area contributed by atoms with Crippen LogP contribution in [0.1, 0.15) is 0 Å². The molecule has 0 saturated carbocycles. The van der Waals surface area contributed by atoms with Crippen LogP contribution in [0.15, 0.2) is 48.5 Å². The average Bonchev–Trinajstić information content (AvgIpc) is 2.44. The van der Waals surface area contributed by atoms with Crippen LogP contribution < -0.4 is 0 Å². The molecule has 0 aromatic heterocycles. The van der Waals surface area contributed by atoms with Gasteiger partial charge in [-0.25, -0.2) is 4.39 Å². The monoisotopic (exact) mass is 272 g/mol. The topological polar surface area (TPSA) is 40.5 Å². The molecule has 2 nitrogen and oxygen atoms in total. The lowest BCUT2D eigenvalue weighted by Crippen LogP contribution is -1.90. The highest BCUT2D eigenvalue weighted by molar-refractivity contribution is 5.88. The highest BCUT2D eigenvalue weighted by atomic mass is 19.2. The van der Waals surface area contributed by atoms with Gasteiger partial charge in [-0.1, -0.05) is 18.2 Å². The highest BCUT2D eigenvalue weighted by Crippen LogP contribution is 2.31. The van der Waals surface area contributed by atoms with Crippen molar-refractivity contribution >= 4 is 10.8 Å². The summed E-state index contributed by atoms with van der Waals surface area (Å²) in [4.78, 5) is 0. The van der Waals surface area contributed by atoms with Crippen LogP contribution in [-0.2, 0) is 0 Å². The number of hydrogen-bond acceptors (Lipinski definition) is 2. The Bertz CT molecular complexity index is 813. The van der Waals surface area contributed by atoms with Crippen molar-refractivity contribution in [1.82, 2.24) is 0 Å². The van der Waals surface area contributed by atoms with Gasteiger partial charge in [0.1, 0.15) is 5.75 Å². The molecule has 0 radical (unpaired) electrons. The van der Waals surface area contributed by atoms with Crippen molar-refractivity contribution in [2.24, 2.45) is 0 Å². The zero-order chi connectivity index (χ0) is 14.3. The SMILES string of the molecule is Oc1ccc2cc(-c3ccc(O)c(F)c3F)ccc2c1. The number of aromatic hydroxyl groups is 2. The molecule has 0 aliphatic carbocycles. The predicted octanol–water partition coefficient (Wildman–Crippen LogP) is 4.20. The van der Waals surface area contributed by atoms with Gasteiger partial charge in [0.2, 0.25) is 5.82 Å². The van der Waals surface area contributed by atoms with E-state index in [4.69, 9.17) is 5.11 Å². The van der Waals surface area contributed by atoms with E-state index in [1.54, 1.807) is 30.3 Å². The van der Waals surface area contributed by atoms with E-state index < -0.39 is 17.4 Å². The van der Waals surface area contributed by atoms with Gasteiger partial charge in [0, 0.05) is 5.56 Å². The Morgan fingerprint density at radius 3 is 2.20 bits per heavy atom. The number of rotatable bonds is 1. The van der Waals surface area contributed by atoms with Crippen LogP contribution in [0, 0.1) is 11.6 Å². The Morgan fingerprint density at radius 1 is 0.700 bits per heavy atom. The van der Waals surface area contributed by atoms with Crippen molar-refractivity contribution in [2.45, 2.75) is 0 Å². The summed E-state index contributed by atoms with van der Waals surface area (Å²) in [5.41, 5.74) is 0.579. The summed E-state index contributed by atoms with van der Waals surface area (Å²) in [6.45, 7) is 0. The minimum absolute atomic E-state index is 0.0790. The molecule has 3 aromatic carbocycles. The molecule has 0 heterocycles. The van der Waals surface area contributed by atoms with Gasteiger partial charge in [0.15, 0.2) is 11.6 Å². The maximum absolute atomic E-state index is 13.8. The molecule has 0 saturated heterocycles. The predicted molar refractivity (Wildman–Crippen MR) is 72.6 cm³/mol. The first-order chi connectivity index (χ1) is 9.56. The molecule has 0 amide bonds. The van der Waals surface area contributed by atoms with Gasteiger partial charge in [-0.05, 0) is 46.7 Å². The van der Waals surface area contributed by atoms with E-state index in [9.17, 15) is 13.9 Å². The molecule has 3 rings (SSSR count). The normalized spacial score (nSPS) is 10.9. The van der Waals surface area contributed by atoms with Gasteiger partial charge in [-0.3, -0.25) is 0 Å². The third-order valence-corrected chi connectivity index (χ3v) is 3.20. The fourth-order valence-corrected chi connectivity index (χ4v) is 2.16. The minimum Gasteiger partial charge on any atom is -0.508 e. The summed E-state index contributed by atoms with van der Waals surface area (Å²) >= 11 is 0. The molecule has 0 aliphatic rings. The molecule has 3 aromatic rings. The van der Waals surface area contributed by atoms with Gasteiger partial charge in [0.25, 0.3) is 0 Å². The molecular weight excluding hydrogens is 262 g/mol. The lowest BCUT2D eigenvalue weighted by atomic mass is 10.0. The number of phenols is 2. The zero-order valence-corrected chi connectivity index (χ0v) is 10.3. The molecule has 0 fully saturated rings. The van der Waals surface area contributed by atoms with Crippen molar-refractivity contribution in [3.05, 3.63) is 60.2 Å². The Kier molecular flexibility index (Phi) is 2.79. The first kappa shape index (κ1) is 12.4. The molecule has 0 atom stereocenters. The molecule has 0 bridgehead atoms. The van der Waals surface area contributed by atoms with E-state index in [2.05, 4.69) is 0 Å². The Balaban J connectivity index is 2.20. The highest BCUT2D eigenvalue weighted by Gasteiger charge is 2.14. The molecule has 100 valence electrons. The number of halogens is 2. The molecule has 20 heavy (non-hydrogen) atoms. The molecule has 0 unspecified atom stereocenters. The number of phenolic OH excluding ortho intramolecular Hbond substituents is 2. The Labute approximate surface area is 113 Å². The summed E-state index contributed by atoms with van der Waals surface area (Å²) in [6, 6.07) is 12.3. The molecule has 0 aliphatic heterocycles. The van der Waals surface area contributed by atoms with Crippen LogP contribution in [-0.4, -0.2) is 10.2 Å². The molecule has 0 spiro atoms. The second-order valence-electron chi connectivity index (χ2n) is 4.51. The summed E-state index contributed by atoms with van der Waals surface area (Å²) in [7, 11) is 0. The van der Waals surface area contributed by atoms with Crippen LogP contribution in [0.3, 0.4) is 0 Å². The van der Waals surface area contributed by atoms with Gasteiger partial charge in [0.05, 0.1) is 0 Å².